The first-order valence-corrected chi connectivity index (χ1v) is 9.66. The maximum Gasteiger partial charge on any atom is 0.224 e. The van der Waals surface area contributed by atoms with E-state index in [1.807, 2.05) is 0 Å². The molecule has 2 N–H and O–H groups in total. The molecule has 1 fully saturated rings. The Morgan fingerprint density at radius 3 is 2.69 bits per heavy atom. The number of amides is 1. The van der Waals surface area contributed by atoms with Gasteiger partial charge < -0.3 is 15.0 Å². The fourth-order valence-electron chi connectivity index (χ4n) is 3.73. The zero-order valence-electron chi connectivity index (χ0n) is 16.4. The van der Waals surface area contributed by atoms with E-state index >= 15 is 0 Å². The number of ether oxygens (including phenoxy) is 1. The van der Waals surface area contributed by atoms with Crippen molar-refractivity contribution in [1.82, 2.24) is 15.2 Å². The van der Waals surface area contributed by atoms with E-state index in [0.29, 0.717) is 6.42 Å². The van der Waals surface area contributed by atoms with Crippen LogP contribution in [0.4, 0.5) is 0 Å². The van der Waals surface area contributed by atoms with Crippen LogP contribution in [-0.2, 0) is 16.0 Å². The molecule has 1 amide bonds. The number of aromatic nitrogens is 1. The first-order valence-electron chi connectivity index (χ1n) is 9.66. The van der Waals surface area contributed by atoms with Crippen molar-refractivity contribution in [1.29, 1.82) is 0 Å². The highest BCUT2D eigenvalue weighted by atomic mass is 16.5. The Morgan fingerprint density at radius 1 is 1.27 bits per heavy atom. The molecule has 1 aliphatic heterocycles. The number of fused-ring (bicyclic) bond motifs is 1. The molecule has 1 unspecified atom stereocenters. The molecule has 0 aliphatic carbocycles. The van der Waals surface area contributed by atoms with E-state index in [1.54, 1.807) is 0 Å². The molecule has 0 saturated carbocycles. The third kappa shape index (κ3) is 4.10. The summed E-state index contributed by atoms with van der Waals surface area (Å²) in [5.74, 6) is 0.104. The summed E-state index contributed by atoms with van der Waals surface area (Å²) in [6, 6.07) is 4.46. The van der Waals surface area contributed by atoms with Crippen LogP contribution in [0.2, 0.25) is 0 Å². The van der Waals surface area contributed by atoms with Crippen molar-refractivity contribution in [2.45, 2.75) is 46.6 Å². The first-order chi connectivity index (χ1) is 12.5. The van der Waals surface area contributed by atoms with Gasteiger partial charge in [-0.15, -0.1) is 0 Å². The van der Waals surface area contributed by atoms with Gasteiger partial charge in [-0.25, -0.2) is 0 Å². The van der Waals surface area contributed by atoms with E-state index in [9.17, 15) is 4.79 Å². The summed E-state index contributed by atoms with van der Waals surface area (Å²) in [4.78, 5) is 18.5. The number of nitrogens with zero attached hydrogens (tertiary/aromatic N) is 1. The summed E-state index contributed by atoms with van der Waals surface area (Å²) in [5, 5.41) is 4.40. The topological polar surface area (TPSA) is 57.4 Å². The fourth-order valence-corrected chi connectivity index (χ4v) is 3.73. The van der Waals surface area contributed by atoms with Crippen LogP contribution in [0.3, 0.4) is 0 Å². The number of morpholine rings is 1. The summed E-state index contributed by atoms with van der Waals surface area (Å²) >= 11 is 0. The molecule has 1 saturated heterocycles. The van der Waals surface area contributed by atoms with Gasteiger partial charge in [-0.3, -0.25) is 9.69 Å². The second kappa shape index (κ2) is 8.23. The average Bonchev–Trinajstić information content (AvgIpc) is 2.95. The molecule has 0 bridgehead atoms. The van der Waals surface area contributed by atoms with Crippen molar-refractivity contribution in [3.05, 3.63) is 34.5 Å². The molecule has 0 radical (unpaired) electrons. The third-order valence-electron chi connectivity index (χ3n) is 5.60. The van der Waals surface area contributed by atoms with Gasteiger partial charge in [0.1, 0.15) is 0 Å². The van der Waals surface area contributed by atoms with Crippen LogP contribution in [-0.4, -0.2) is 54.7 Å². The molecule has 1 aliphatic rings. The maximum atomic E-state index is 12.7. The van der Waals surface area contributed by atoms with Crippen LogP contribution in [0.1, 0.15) is 35.7 Å². The number of carbonyl (C=O) groups excluding carboxylic acids is 1. The Hall–Kier alpha value is -1.85. The van der Waals surface area contributed by atoms with Gasteiger partial charge in [0.2, 0.25) is 5.91 Å². The van der Waals surface area contributed by atoms with Crippen LogP contribution in [0.25, 0.3) is 10.9 Å². The minimum Gasteiger partial charge on any atom is -0.379 e. The van der Waals surface area contributed by atoms with Crippen molar-refractivity contribution in [2.75, 3.05) is 32.8 Å². The molecule has 5 nitrogen and oxygen atoms in total. The molecule has 26 heavy (non-hydrogen) atoms. The van der Waals surface area contributed by atoms with Crippen LogP contribution in [0, 0.1) is 20.8 Å². The van der Waals surface area contributed by atoms with Gasteiger partial charge in [0.05, 0.1) is 19.6 Å². The molecule has 1 aromatic heterocycles. The van der Waals surface area contributed by atoms with E-state index in [-0.39, 0.29) is 11.9 Å². The number of aryl methyl sites for hydroxylation is 3. The van der Waals surface area contributed by atoms with Crippen molar-refractivity contribution < 1.29 is 9.53 Å². The summed E-state index contributed by atoms with van der Waals surface area (Å²) in [6.45, 7) is 12.8. The van der Waals surface area contributed by atoms with Gasteiger partial charge in [0, 0.05) is 42.3 Å². The summed E-state index contributed by atoms with van der Waals surface area (Å²) in [6.07, 6.45) is 1.36. The van der Waals surface area contributed by atoms with Crippen LogP contribution in [0.5, 0.6) is 0 Å². The second-order valence-electron chi connectivity index (χ2n) is 7.42. The molecule has 5 heteroatoms. The lowest BCUT2D eigenvalue weighted by Crippen LogP contribution is -2.47. The minimum atomic E-state index is 0.104. The first kappa shape index (κ1) is 18.9. The van der Waals surface area contributed by atoms with E-state index in [0.717, 1.165) is 56.0 Å². The number of aromatic amines is 1. The smallest absolute Gasteiger partial charge is 0.224 e. The van der Waals surface area contributed by atoms with Gasteiger partial charge in [0.15, 0.2) is 0 Å². The zero-order chi connectivity index (χ0) is 18.7. The van der Waals surface area contributed by atoms with Crippen molar-refractivity contribution in [3.63, 3.8) is 0 Å². The molecule has 0 spiro atoms. The molecule has 142 valence electrons. The SMILES string of the molecule is CCC(CN1CCOCC1)NC(=O)Cc1c(C)[nH]c2c(C)c(C)ccc12. The highest BCUT2D eigenvalue weighted by Crippen LogP contribution is 2.27. The molecule has 2 aromatic rings. The number of carbonyl (C=O) groups is 1. The Bertz CT molecular complexity index is 775. The molecule has 3 rings (SSSR count). The minimum absolute atomic E-state index is 0.104. The number of nitrogens with one attached hydrogen (secondary N) is 2. The Balaban J connectivity index is 1.68. The Labute approximate surface area is 156 Å². The lowest BCUT2D eigenvalue weighted by molar-refractivity contribution is -0.121. The summed E-state index contributed by atoms with van der Waals surface area (Å²) in [7, 11) is 0. The molecule has 1 aromatic carbocycles. The van der Waals surface area contributed by atoms with Gasteiger partial charge in [-0.1, -0.05) is 19.1 Å². The predicted molar refractivity (Wildman–Crippen MR) is 106 cm³/mol. The fraction of sp³-hybridized carbons (Fsp3) is 0.571. The summed E-state index contributed by atoms with van der Waals surface area (Å²) < 4.78 is 5.41. The normalized spacial score (nSPS) is 16.8. The van der Waals surface area contributed by atoms with Gasteiger partial charge in [-0.05, 0) is 43.9 Å². The Kier molecular flexibility index (Phi) is 5.99. The second-order valence-corrected chi connectivity index (χ2v) is 7.42. The van der Waals surface area contributed by atoms with Gasteiger partial charge >= 0.3 is 0 Å². The lowest BCUT2D eigenvalue weighted by Gasteiger charge is -2.30. The number of hydrogen-bond acceptors (Lipinski definition) is 3. The standard InChI is InChI=1S/C21H31N3O2/c1-5-17(13-24-8-10-26-11-9-24)23-20(25)12-19-16(4)22-21-15(3)14(2)6-7-18(19)21/h6-7,17,22H,5,8-13H2,1-4H3,(H,23,25). The zero-order valence-corrected chi connectivity index (χ0v) is 16.4. The van der Waals surface area contributed by atoms with Crippen LogP contribution < -0.4 is 5.32 Å². The number of H-pyrrole nitrogens is 1. The average molecular weight is 357 g/mol. The van der Waals surface area contributed by atoms with Crippen molar-refractivity contribution in [2.24, 2.45) is 0 Å². The van der Waals surface area contributed by atoms with Crippen molar-refractivity contribution >= 4 is 16.8 Å². The Morgan fingerprint density at radius 2 is 2.00 bits per heavy atom. The number of rotatable bonds is 6. The summed E-state index contributed by atoms with van der Waals surface area (Å²) in [5.41, 5.74) is 5.89. The van der Waals surface area contributed by atoms with Crippen LogP contribution in [0.15, 0.2) is 12.1 Å². The number of benzene rings is 1. The van der Waals surface area contributed by atoms with E-state index in [4.69, 9.17) is 4.74 Å². The van der Waals surface area contributed by atoms with E-state index in [1.165, 1.54) is 16.5 Å². The van der Waals surface area contributed by atoms with E-state index < -0.39 is 0 Å². The molecular formula is C21H31N3O2. The van der Waals surface area contributed by atoms with Crippen molar-refractivity contribution in [3.8, 4) is 0 Å². The van der Waals surface area contributed by atoms with E-state index in [2.05, 4.69) is 55.0 Å². The lowest BCUT2D eigenvalue weighted by atomic mass is 10.0. The predicted octanol–water partition coefficient (Wildman–Crippen LogP) is 2.86. The largest absolute Gasteiger partial charge is 0.379 e. The highest BCUT2D eigenvalue weighted by Gasteiger charge is 2.19. The highest BCUT2D eigenvalue weighted by molar-refractivity contribution is 5.92. The number of hydrogen-bond donors (Lipinski definition) is 2. The third-order valence-corrected chi connectivity index (χ3v) is 5.60. The van der Waals surface area contributed by atoms with Gasteiger partial charge in [0.25, 0.3) is 0 Å². The maximum absolute atomic E-state index is 12.7. The molecule has 1 atom stereocenters. The quantitative estimate of drug-likeness (QED) is 0.836. The molecular weight excluding hydrogens is 326 g/mol. The molecule has 2 heterocycles. The van der Waals surface area contributed by atoms with Gasteiger partial charge in [-0.2, -0.15) is 0 Å². The van der Waals surface area contributed by atoms with Crippen LogP contribution >= 0.6 is 0 Å². The monoisotopic (exact) mass is 357 g/mol.